The predicted octanol–water partition coefficient (Wildman–Crippen LogP) is 5.68. The Morgan fingerprint density at radius 3 is 2.53 bits per heavy atom. The lowest BCUT2D eigenvalue weighted by atomic mass is 10.2. The fraction of sp³-hybridized carbons (Fsp3) is 0.0455. The zero-order chi connectivity index (χ0) is 21.3. The maximum Gasteiger partial charge on any atom is 0.280 e. The molecule has 0 spiro atoms. The summed E-state index contributed by atoms with van der Waals surface area (Å²) in [7, 11) is 0. The highest BCUT2D eigenvalue weighted by molar-refractivity contribution is 6.32. The van der Waals surface area contributed by atoms with E-state index in [4.69, 9.17) is 11.6 Å². The monoisotopic (exact) mass is 427 g/mol. The molecule has 0 N–H and O–H groups in total. The third-order valence-electron chi connectivity index (χ3n) is 4.37. The Kier molecular flexibility index (Phi) is 5.37. The van der Waals surface area contributed by atoms with Crippen LogP contribution >= 0.6 is 11.6 Å². The van der Waals surface area contributed by atoms with Gasteiger partial charge >= 0.3 is 0 Å². The normalized spacial score (nSPS) is 11.6. The molecule has 0 radical (unpaired) electrons. The number of hydrogen-bond donors (Lipinski definition) is 0. The fourth-order valence-corrected chi connectivity index (χ4v) is 3.22. The first-order valence-corrected chi connectivity index (χ1v) is 9.22. The Morgan fingerprint density at radius 2 is 1.77 bits per heavy atom. The third kappa shape index (κ3) is 3.84. The van der Waals surface area contributed by atoms with Crippen LogP contribution in [-0.4, -0.2) is 14.5 Å². The molecule has 0 fully saturated rings. The summed E-state index contributed by atoms with van der Waals surface area (Å²) >= 11 is 6.28. The van der Waals surface area contributed by atoms with Crippen LogP contribution in [0.1, 0.15) is 23.6 Å². The van der Waals surface area contributed by atoms with Crippen molar-refractivity contribution in [1.29, 1.82) is 0 Å². The number of hydrogen-bond acceptors (Lipinski definition) is 3. The number of halogens is 4. The molecule has 2 heterocycles. The van der Waals surface area contributed by atoms with E-state index in [1.165, 1.54) is 41.0 Å². The molecule has 2 aromatic heterocycles. The van der Waals surface area contributed by atoms with E-state index in [-0.39, 0.29) is 22.6 Å². The second kappa shape index (κ2) is 8.12. The zero-order valence-electron chi connectivity index (χ0n) is 15.3. The van der Waals surface area contributed by atoms with Crippen LogP contribution in [0.4, 0.5) is 13.2 Å². The summed E-state index contributed by atoms with van der Waals surface area (Å²) in [6.45, 7) is 0. The van der Waals surface area contributed by atoms with Crippen LogP contribution in [-0.2, 0) is 0 Å². The molecule has 0 unspecified atom stereocenters. The maximum absolute atomic E-state index is 13.7. The van der Waals surface area contributed by atoms with Crippen molar-refractivity contribution >= 4 is 34.7 Å². The Bertz CT molecular complexity index is 1340. The van der Waals surface area contributed by atoms with E-state index >= 15 is 0 Å². The Labute approximate surface area is 173 Å². The van der Waals surface area contributed by atoms with E-state index in [2.05, 4.69) is 9.97 Å². The zero-order valence-corrected chi connectivity index (χ0v) is 16.0. The molecule has 4 aromatic rings. The Hall–Kier alpha value is -3.45. The van der Waals surface area contributed by atoms with E-state index in [0.29, 0.717) is 16.2 Å². The minimum Gasteiger partial charge on any atom is -0.268 e. The molecule has 0 aliphatic heterocycles. The van der Waals surface area contributed by atoms with Crippen molar-refractivity contribution in [2.45, 2.75) is 6.43 Å². The SMILES string of the molecule is O=c1c2cc(F)ccc2nc(C=Cc2cccc(C(F)F)n2)n1-c1ccccc1Cl. The lowest BCUT2D eigenvalue weighted by Gasteiger charge is -2.13. The van der Waals surface area contributed by atoms with Crippen molar-refractivity contribution < 1.29 is 13.2 Å². The molecule has 150 valence electrons. The van der Waals surface area contributed by atoms with Gasteiger partial charge in [0.15, 0.2) is 0 Å². The maximum atomic E-state index is 13.7. The van der Waals surface area contributed by atoms with Crippen molar-refractivity contribution in [1.82, 2.24) is 14.5 Å². The van der Waals surface area contributed by atoms with Gasteiger partial charge in [0.05, 0.1) is 27.3 Å². The first-order valence-electron chi connectivity index (χ1n) is 8.84. The number of aromatic nitrogens is 3. The quantitative estimate of drug-likeness (QED) is 0.421. The molecular formula is C22H13ClF3N3O. The molecule has 0 atom stereocenters. The number of rotatable bonds is 4. The van der Waals surface area contributed by atoms with E-state index in [1.54, 1.807) is 30.3 Å². The third-order valence-corrected chi connectivity index (χ3v) is 4.69. The predicted molar refractivity (Wildman–Crippen MR) is 110 cm³/mol. The first kappa shape index (κ1) is 19.8. The van der Waals surface area contributed by atoms with E-state index in [1.807, 2.05) is 0 Å². The summed E-state index contributed by atoms with van der Waals surface area (Å²) in [6, 6.07) is 14.6. The highest BCUT2D eigenvalue weighted by atomic mass is 35.5. The minimum atomic E-state index is -2.70. The first-order chi connectivity index (χ1) is 14.4. The lowest BCUT2D eigenvalue weighted by molar-refractivity contribution is 0.146. The van der Waals surface area contributed by atoms with Gasteiger partial charge < -0.3 is 0 Å². The van der Waals surface area contributed by atoms with Crippen LogP contribution in [0, 0.1) is 5.82 Å². The van der Waals surface area contributed by atoms with E-state index in [0.717, 1.165) is 6.07 Å². The van der Waals surface area contributed by atoms with Gasteiger partial charge in [0, 0.05) is 0 Å². The van der Waals surface area contributed by atoms with Crippen LogP contribution in [0.3, 0.4) is 0 Å². The molecule has 30 heavy (non-hydrogen) atoms. The van der Waals surface area contributed by atoms with Crippen LogP contribution in [0.5, 0.6) is 0 Å². The molecule has 0 aliphatic carbocycles. The van der Waals surface area contributed by atoms with Crippen molar-refractivity contribution in [3.05, 3.63) is 99.1 Å². The van der Waals surface area contributed by atoms with Gasteiger partial charge in [-0.2, -0.15) is 0 Å². The highest BCUT2D eigenvalue weighted by Crippen LogP contribution is 2.22. The highest BCUT2D eigenvalue weighted by Gasteiger charge is 2.14. The number of fused-ring (bicyclic) bond motifs is 1. The van der Waals surface area contributed by atoms with Gasteiger partial charge in [-0.3, -0.25) is 9.36 Å². The van der Waals surface area contributed by atoms with Gasteiger partial charge in [-0.05, 0) is 54.6 Å². The summed E-state index contributed by atoms with van der Waals surface area (Å²) < 4.78 is 40.8. The van der Waals surface area contributed by atoms with E-state index < -0.39 is 17.8 Å². The average Bonchev–Trinajstić information content (AvgIpc) is 2.74. The van der Waals surface area contributed by atoms with Crippen molar-refractivity contribution in [3.63, 3.8) is 0 Å². The standard InChI is InChI=1S/C22H13ClF3N3O/c23-16-5-1-2-7-19(16)29-20(11-9-14-4-3-6-18(27-14)21(25)26)28-17-10-8-13(24)12-15(17)22(29)30/h1-12,21H. The molecule has 0 bridgehead atoms. The van der Waals surface area contributed by atoms with Crippen molar-refractivity contribution in [2.75, 3.05) is 0 Å². The molecule has 0 saturated carbocycles. The second-order valence-electron chi connectivity index (χ2n) is 6.34. The fourth-order valence-electron chi connectivity index (χ4n) is 3.00. The van der Waals surface area contributed by atoms with Crippen LogP contribution in [0.25, 0.3) is 28.7 Å². The number of benzene rings is 2. The largest absolute Gasteiger partial charge is 0.280 e. The number of alkyl halides is 2. The summed E-state index contributed by atoms with van der Waals surface area (Å²) in [6.07, 6.45) is 0.245. The molecule has 4 nitrogen and oxygen atoms in total. The molecular weight excluding hydrogens is 415 g/mol. The van der Waals surface area contributed by atoms with Gasteiger partial charge in [0.2, 0.25) is 0 Å². The summed E-state index contributed by atoms with van der Waals surface area (Å²) in [5.41, 5.74) is 0.0477. The Morgan fingerprint density at radius 1 is 0.967 bits per heavy atom. The lowest BCUT2D eigenvalue weighted by Crippen LogP contribution is -2.22. The van der Waals surface area contributed by atoms with Gasteiger partial charge in [0.1, 0.15) is 17.3 Å². The van der Waals surface area contributed by atoms with Gasteiger partial charge in [-0.1, -0.05) is 29.8 Å². The molecule has 0 aliphatic rings. The van der Waals surface area contributed by atoms with Crippen LogP contribution in [0.15, 0.2) is 65.5 Å². The summed E-state index contributed by atoms with van der Waals surface area (Å²) in [5, 5.41) is 0.384. The van der Waals surface area contributed by atoms with Crippen molar-refractivity contribution in [3.8, 4) is 5.69 Å². The smallest absolute Gasteiger partial charge is 0.268 e. The topological polar surface area (TPSA) is 47.8 Å². The molecule has 0 amide bonds. The number of nitrogens with zero attached hydrogens (tertiary/aromatic N) is 3. The molecule has 8 heteroatoms. The number of para-hydroxylation sites is 1. The molecule has 0 saturated heterocycles. The van der Waals surface area contributed by atoms with E-state index in [9.17, 15) is 18.0 Å². The molecule has 2 aromatic carbocycles. The van der Waals surface area contributed by atoms with Crippen molar-refractivity contribution in [2.24, 2.45) is 0 Å². The molecule has 4 rings (SSSR count). The van der Waals surface area contributed by atoms with Crippen LogP contribution in [0.2, 0.25) is 5.02 Å². The van der Waals surface area contributed by atoms with Gasteiger partial charge in [-0.25, -0.2) is 23.1 Å². The summed E-state index contributed by atoms with van der Waals surface area (Å²) in [5.74, 6) is -0.375. The van der Waals surface area contributed by atoms with Gasteiger partial charge in [0.25, 0.3) is 12.0 Å². The number of pyridine rings is 1. The summed E-state index contributed by atoms with van der Waals surface area (Å²) in [4.78, 5) is 21.5. The van der Waals surface area contributed by atoms with Crippen LogP contribution < -0.4 is 5.56 Å². The Balaban J connectivity index is 1.93. The second-order valence-corrected chi connectivity index (χ2v) is 6.75. The average molecular weight is 428 g/mol. The minimum absolute atomic E-state index is 0.0879. The van der Waals surface area contributed by atoms with Gasteiger partial charge in [-0.15, -0.1) is 0 Å².